The first kappa shape index (κ1) is 21.2. The first-order chi connectivity index (χ1) is 15.5. The van der Waals surface area contributed by atoms with Crippen LogP contribution in [-0.2, 0) is 4.79 Å². The van der Waals surface area contributed by atoms with Gasteiger partial charge in [-0.3, -0.25) is 0 Å². The summed E-state index contributed by atoms with van der Waals surface area (Å²) in [5, 5.41) is 10.1. The van der Waals surface area contributed by atoms with E-state index < -0.39 is 11.9 Å². The predicted octanol–water partition coefficient (Wildman–Crippen LogP) is 5.32. The second kappa shape index (κ2) is 8.96. The van der Waals surface area contributed by atoms with Crippen LogP contribution < -0.4 is 15.2 Å². The fourth-order valence-corrected chi connectivity index (χ4v) is 3.61. The number of carbonyl (C=O) groups is 1. The van der Waals surface area contributed by atoms with Gasteiger partial charge in [-0.25, -0.2) is 9.18 Å². The van der Waals surface area contributed by atoms with Crippen molar-refractivity contribution in [2.45, 2.75) is 5.92 Å². The highest BCUT2D eigenvalue weighted by atomic mass is 35.5. The topological polar surface area (TPSA) is 85.3 Å². The van der Waals surface area contributed by atoms with Gasteiger partial charge in [0.1, 0.15) is 29.0 Å². The minimum atomic E-state index is -0.600. The van der Waals surface area contributed by atoms with Crippen molar-refractivity contribution in [3.8, 4) is 17.6 Å². The van der Waals surface area contributed by atoms with E-state index in [1.807, 2.05) is 6.07 Å². The second-order valence-corrected chi connectivity index (χ2v) is 7.36. The van der Waals surface area contributed by atoms with Gasteiger partial charge >= 0.3 is 5.97 Å². The minimum absolute atomic E-state index is 0.0589. The molecule has 0 saturated heterocycles. The molecular weight excluding hydrogens is 431 g/mol. The maximum Gasteiger partial charge on any atom is 0.336 e. The third kappa shape index (κ3) is 4.34. The van der Waals surface area contributed by atoms with Crippen molar-refractivity contribution in [2.24, 2.45) is 5.73 Å². The summed E-state index contributed by atoms with van der Waals surface area (Å²) >= 11 is 6.08. The lowest BCUT2D eigenvalue weighted by molar-refractivity contribution is -0.128. The average molecular weight is 447 g/mol. The first-order valence-corrected chi connectivity index (χ1v) is 9.95. The Morgan fingerprint density at radius 1 is 1.16 bits per heavy atom. The lowest BCUT2D eigenvalue weighted by Gasteiger charge is -2.26. The van der Waals surface area contributed by atoms with Gasteiger partial charge in [0.25, 0.3) is 0 Å². The zero-order valence-corrected chi connectivity index (χ0v) is 17.3. The number of nitrogens with two attached hydrogens (primary N) is 1. The van der Waals surface area contributed by atoms with Gasteiger partial charge < -0.3 is 15.2 Å². The number of benzene rings is 3. The second-order valence-electron chi connectivity index (χ2n) is 6.95. The molecule has 5 nitrogen and oxygen atoms in total. The van der Waals surface area contributed by atoms with E-state index in [2.05, 4.69) is 6.07 Å². The van der Waals surface area contributed by atoms with Crippen LogP contribution in [0.5, 0.6) is 11.5 Å². The molecule has 1 unspecified atom stereocenters. The molecule has 158 valence electrons. The van der Waals surface area contributed by atoms with Gasteiger partial charge in [-0.2, -0.15) is 5.26 Å². The van der Waals surface area contributed by atoms with Crippen LogP contribution in [0.1, 0.15) is 22.6 Å². The molecule has 0 bridgehead atoms. The van der Waals surface area contributed by atoms with Crippen molar-refractivity contribution >= 4 is 23.6 Å². The lowest BCUT2D eigenvalue weighted by Crippen LogP contribution is -2.21. The summed E-state index contributed by atoms with van der Waals surface area (Å²) in [6.07, 6.45) is 2.83. The van der Waals surface area contributed by atoms with Gasteiger partial charge in [0, 0.05) is 22.7 Å². The molecule has 3 aromatic carbocycles. The van der Waals surface area contributed by atoms with E-state index in [0.29, 0.717) is 27.5 Å². The van der Waals surface area contributed by atoms with E-state index >= 15 is 0 Å². The average Bonchev–Trinajstić information content (AvgIpc) is 2.78. The molecule has 1 atom stereocenters. The Labute approximate surface area is 188 Å². The number of hydrogen-bond donors (Lipinski definition) is 1. The summed E-state index contributed by atoms with van der Waals surface area (Å²) in [5.41, 5.74) is 8.20. The molecule has 3 aromatic rings. The van der Waals surface area contributed by atoms with E-state index in [0.717, 1.165) is 0 Å². The van der Waals surface area contributed by atoms with Gasteiger partial charge in [-0.1, -0.05) is 48.0 Å². The molecule has 0 aliphatic carbocycles. The van der Waals surface area contributed by atoms with E-state index in [1.54, 1.807) is 48.5 Å². The fourth-order valence-electron chi connectivity index (χ4n) is 3.42. The van der Waals surface area contributed by atoms with E-state index in [-0.39, 0.29) is 23.0 Å². The SMILES string of the molecule is N#CC1=C(N)Oc2cc(OC(=O)/C=C/c3ccccc3Cl)ccc2C1c1ccc(F)cc1. The maximum atomic E-state index is 13.4. The molecule has 4 rings (SSSR count). The van der Waals surface area contributed by atoms with Gasteiger partial charge in [-0.05, 0) is 41.5 Å². The molecule has 1 heterocycles. The van der Waals surface area contributed by atoms with Crippen LogP contribution in [0.4, 0.5) is 4.39 Å². The van der Waals surface area contributed by atoms with Crippen LogP contribution in [0.15, 0.2) is 84.3 Å². The monoisotopic (exact) mass is 446 g/mol. The number of fused-ring (bicyclic) bond motifs is 1. The van der Waals surface area contributed by atoms with Gasteiger partial charge in [0.2, 0.25) is 5.88 Å². The first-order valence-electron chi connectivity index (χ1n) is 9.57. The Hall–Kier alpha value is -4.08. The van der Waals surface area contributed by atoms with Crippen LogP contribution in [0, 0.1) is 17.1 Å². The maximum absolute atomic E-state index is 13.4. The summed E-state index contributed by atoms with van der Waals surface area (Å²) in [4.78, 5) is 12.2. The molecule has 0 fully saturated rings. The number of halogens is 2. The third-order valence-corrected chi connectivity index (χ3v) is 5.26. The fraction of sp³-hybridized carbons (Fsp3) is 0.0400. The number of rotatable bonds is 4. The molecule has 1 aliphatic heterocycles. The summed E-state index contributed by atoms with van der Waals surface area (Å²) in [5.74, 6) is -0.994. The van der Waals surface area contributed by atoms with Crippen molar-refractivity contribution in [3.63, 3.8) is 0 Å². The van der Waals surface area contributed by atoms with Gasteiger partial charge in [0.15, 0.2) is 0 Å². The Bertz CT molecular complexity index is 1290. The zero-order valence-electron chi connectivity index (χ0n) is 16.6. The summed E-state index contributed by atoms with van der Waals surface area (Å²) in [6, 6.07) is 19.8. The Morgan fingerprint density at radius 3 is 2.62 bits per heavy atom. The number of nitrogens with zero attached hydrogens (tertiary/aromatic N) is 1. The quantitative estimate of drug-likeness (QED) is 0.333. The summed E-state index contributed by atoms with van der Waals surface area (Å²) in [6.45, 7) is 0. The normalized spacial score (nSPS) is 15.1. The molecule has 1 aliphatic rings. The number of allylic oxidation sites excluding steroid dienone is 1. The smallest absolute Gasteiger partial charge is 0.336 e. The highest BCUT2D eigenvalue weighted by Crippen LogP contribution is 2.43. The Balaban J connectivity index is 1.60. The highest BCUT2D eigenvalue weighted by molar-refractivity contribution is 6.32. The van der Waals surface area contributed by atoms with Crippen LogP contribution in [0.25, 0.3) is 6.08 Å². The van der Waals surface area contributed by atoms with Crippen LogP contribution in [-0.4, -0.2) is 5.97 Å². The van der Waals surface area contributed by atoms with Crippen molar-refractivity contribution < 1.29 is 18.7 Å². The molecule has 2 N–H and O–H groups in total. The van der Waals surface area contributed by atoms with Crippen molar-refractivity contribution in [1.29, 1.82) is 5.26 Å². The zero-order chi connectivity index (χ0) is 22.7. The minimum Gasteiger partial charge on any atom is -0.440 e. The van der Waals surface area contributed by atoms with Crippen LogP contribution in [0.3, 0.4) is 0 Å². The van der Waals surface area contributed by atoms with Crippen LogP contribution in [0.2, 0.25) is 5.02 Å². The predicted molar refractivity (Wildman–Crippen MR) is 118 cm³/mol. The van der Waals surface area contributed by atoms with Crippen LogP contribution >= 0.6 is 11.6 Å². The Kier molecular flexibility index (Phi) is 5.93. The van der Waals surface area contributed by atoms with E-state index in [4.69, 9.17) is 26.8 Å². The van der Waals surface area contributed by atoms with Crippen molar-refractivity contribution in [1.82, 2.24) is 0 Å². The molecule has 0 aromatic heterocycles. The lowest BCUT2D eigenvalue weighted by atomic mass is 9.83. The molecule has 0 saturated carbocycles. The van der Waals surface area contributed by atoms with Gasteiger partial charge in [0.05, 0.1) is 5.92 Å². The van der Waals surface area contributed by atoms with E-state index in [1.165, 1.54) is 24.3 Å². The molecule has 0 amide bonds. The molecule has 0 spiro atoms. The standard InChI is InChI=1S/C25H16ClFN2O3/c26-21-4-2-1-3-15(21)7-12-23(30)31-18-10-11-19-22(13-18)32-25(29)20(14-28)24(19)16-5-8-17(27)9-6-16/h1-13,24H,29H2/b12-7+. The summed E-state index contributed by atoms with van der Waals surface area (Å²) < 4.78 is 24.4. The molecular formula is C25H16ClFN2O3. The number of hydrogen-bond acceptors (Lipinski definition) is 5. The largest absolute Gasteiger partial charge is 0.440 e. The van der Waals surface area contributed by atoms with Crippen molar-refractivity contribution in [3.05, 3.63) is 112 Å². The molecule has 0 radical (unpaired) electrons. The number of esters is 1. The number of ether oxygens (including phenoxy) is 2. The van der Waals surface area contributed by atoms with E-state index in [9.17, 15) is 14.4 Å². The highest BCUT2D eigenvalue weighted by Gasteiger charge is 2.31. The number of carbonyl (C=O) groups excluding carboxylic acids is 1. The van der Waals surface area contributed by atoms with Gasteiger partial charge in [-0.15, -0.1) is 0 Å². The molecule has 7 heteroatoms. The summed E-state index contributed by atoms with van der Waals surface area (Å²) in [7, 11) is 0. The third-order valence-electron chi connectivity index (χ3n) is 4.92. The van der Waals surface area contributed by atoms with Crippen molar-refractivity contribution in [2.75, 3.05) is 0 Å². The number of nitriles is 1. The Morgan fingerprint density at radius 2 is 1.91 bits per heavy atom. The molecule has 32 heavy (non-hydrogen) atoms.